The lowest BCUT2D eigenvalue weighted by Crippen LogP contribution is -1.98. The van der Waals surface area contributed by atoms with Crippen LogP contribution >= 0.6 is 0 Å². The van der Waals surface area contributed by atoms with Crippen molar-refractivity contribution in [2.45, 2.75) is 27.2 Å². The van der Waals surface area contributed by atoms with E-state index in [1.807, 2.05) is 13.0 Å². The van der Waals surface area contributed by atoms with Gasteiger partial charge in [-0.15, -0.1) is 0 Å². The Hall–Kier alpha value is -0.920. The van der Waals surface area contributed by atoms with E-state index in [1.54, 1.807) is 6.20 Å². The lowest BCUT2D eigenvalue weighted by atomic mass is 10.1. The van der Waals surface area contributed by atoms with Crippen LogP contribution in [0.15, 0.2) is 22.3 Å². The van der Waals surface area contributed by atoms with Crippen LogP contribution in [0.5, 0.6) is 0 Å². The molecule has 11 heavy (non-hydrogen) atoms. The minimum atomic E-state index is 0.588. The highest BCUT2D eigenvalue weighted by atomic mass is 14.9. The summed E-state index contributed by atoms with van der Waals surface area (Å²) < 4.78 is 0. The van der Waals surface area contributed by atoms with Gasteiger partial charge in [0.05, 0.1) is 0 Å². The second-order valence-electron chi connectivity index (χ2n) is 2.78. The molecule has 0 unspecified atom stereocenters. The van der Waals surface area contributed by atoms with Crippen LogP contribution in [0.1, 0.15) is 27.2 Å². The molecule has 2 nitrogen and oxygen atoms in total. The first kappa shape index (κ1) is 10.1. The van der Waals surface area contributed by atoms with Crippen molar-refractivity contribution >= 4 is 12.6 Å². The molecule has 0 aromatic heterocycles. The van der Waals surface area contributed by atoms with Gasteiger partial charge in [0.2, 0.25) is 0 Å². The molecular weight excluding hydrogens is 136 g/mol. The molecular formula is C9H16N2. The Balaban J connectivity index is 4.04. The van der Waals surface area contributed by atoms with Crippen LogP contribution in [0.4, 0.5) is 0 Å². The summed E-state index contributed by atoms with van der Waals surface area (Å²) in [6, 6.07) is 0. The molecule has 0 saturated heterocycles. The summed E-state index contributed by atoms with van der Waals surface area (Å²) in [6.07, 6.45) is 4.52. The van der Waals surface area contributed by atoms with Gasteiger partial charge < -0.3 is 0 Å². The van der Waals surface area contributed by atoms with Crippen molar-refractivity contribution in [3.8, 4) is 0 Å². The maximum absolute atomic E-state index is 4.11. The van der Waals surface area contributed by atoms with Crippen LogP contribution in [-0.2, 0) is 0 Å². The highest BCUT2D eigenvalue weighted by Gasteiger charge is 1.97. The topological polar surface area (TPSA) is 24.7 Å². The van der Waals surface area contributed by atoms with Crippen molar-refractivity contribution in [1.29, 1.82) is 0 Å². The van der Waals surface area contributed by atoms with Crippen LogP contribution in [0.2, 0.25) is 0 Å². The van der Waals surface area contributed by atoms with Crippen LogP contribution < -0.4 is 0 Å². The molecule has 0 radical (unpaired) electrons. The molecule has 0 bridgehead atoms. The van der Waals surface area contributed by atoms with E-state index in [4.69, 9.17) is 0 Å². The van der Waals surface area contributed by atoms with Gasteiger partial charge in [0.25, 0.3) is 0 Å². The third-order valence-corrected chi connectivity index (χ3v) is 1.15. The number of allylic oxidation sites excluding steroid dienone is 1. The van der Waals surface area contributed by atoms with E-state index in [-0.39, 0.29) is 0 Å². The fraction of sp³-hybridized carbons (Fsp3) is 0.556. The molecule has 0 atom stereocenters. The van der Waals surface area contributed by atoms with E-state index in [9.17, 15) is 0 Å². The second kappa shape index (κ2) is 5.83. The molecule has 0 N–H and O–H groups in total. The number of hydrogen-bond acceptors (Lipinski definition) is 1. The number of hydrogen-bond donors (Lipinski definition) is 0. The number of rotatable bonds is 3. The van der Waals surface area contributed by atoms with Crippen LogP contribution in [0.3, 0.4) is 0 Å². The van der Waals surface area contributed by atoms with E-state index in [2.05, 4.69) is 30.5 Å². The standard InChI is InChI=1S/C9H16N2/c1-5-6-11-9(10-4)7-8(2)3/h5-6,8H,4,7H2,1-3H3/b6-5-,11-9?. The Morgan fingerprint density at radius 3 is 2.55 bits per heavy atom. The largest absolute Gasteiger partial charge is 0.249 e. The minimum absolute atomic E-state index is 0.588. The minimum Gasteiger partial charge on any atom is -0.249 e. The van der Waals surface area contributed by atoms with Crippen molar-refractivity contribution in [2.75, 3.05) is 0 Å². The quantitative estimate of drug-likeness (QED) is 0.439. The van der Waals surface area contributed by atoms with E-state index >= 15 is 0 Å². The molecule has 0 aliphatic carbocycles. The average Bonchev–Trinajstić information content (AvgIpc) is 1.97. The molecule has 0 rings (SSSR count). The van der Waals surface area contributed by atoms with Crippen LogP contribution in [0.25, 0.3) is 0 Å². The molecule has 0 amide bonds. The maximum atomic E-state index is 4.11. The summed E-state index contributed by atoms with van der Waals surface area (Å²) in [6.45, 7) is 9.65. The van der Waals surface area contributed by atoms with Gasteiger partial charge in [0, 0.05) is 12.6 Å². The molecule has 0 saturated carbocycles. The van der Waals surface area contributed by atoms with E-state index in [0.29, 0.717) is 5.92 Å². The van der Waals surface area contributed by atoms with Crippen molar-refractivity contribution in [3.63, 3.8) is 0 Å². The molecule has 0 aliphatic heterocycles. The third kappa shape index (κ3) is 5.52. The van der Waals surface area contributed by atoms with Crippen LogP contribution in [0, 0.1) is 5.92 Å². The van der Waals surface area contributed by atoms with E-state index < -0.39 is 0 Å². The average molecular weight is 152 g/mol. The number of nitrogens with zero attached hydrogens (tertiary/aromatic N) is 2. The van der Waals surface area contributed by atoms with Gasteiger partial charge in [0.1, 0.15) is 5.84 Å². The van der Waals surface area contributed by atoms with Crippen molar-refractivity contribution in [1.82, 2.24) is 0 Å². The smallest absolute Gasteiger partial charge is 0.127 e. The highest BCUT2D eigenvalue weighted by molar-refractivity contribution is 5.86. The molecule has 0 aromatic carbocycles. The molecule has 0 fully saturated rings. The first-order chi connectivity index (χ1) is 5.20. The van der Waals surface area contributed by atoms with E-state index in [0.717, 1.165) is 12.3 Å². The summed E-state index contributed by atoms with van der Waals surface area (Å²) in [5, 5.41) is 0. The number of aliphatic imine (C=N–C) groups is 2. The second-order valence-corrected chi connectivity index (χ2v) is 2.78. The Morgan fingerprint density at radius 2 is 2.18 bits per heavy atom. The van der Waals surface area contributed by atoms with Crippen LogP contribution in [-0.4, -0.2) is 12.6 Å². The third-order valence-electron chi connectivity index (χ3n) is 1.15. The van der Waals surface area contributed by atoms with Gasteiger partial charge in [-0.05, 0) is 19.6 Å². The summed E-state index contributed by atoms with van der Waals surface area (Å²) in [7, 11) is 0. The van der Waals surface area contributed by atoms with Crippen molar-refractivity contribution in [3.05, 3.63) is 12.3 Å². The van der Waals surface area contributed by atoms with Crippen molar-refractivity contribution < 1.29 is 0 Å². The summed E-state index contributed by atoms with van der Waals surface area (Å²) in [4.78, 5) is 7.92. The first-order valence-corrected chi connectivity index (χ1v) is 3.85. The van der Waals surface area contributed by atoms with Gasteiger partial charge in [-0.2, -0.15) is 0 Å². The Bertz CT molecular complexity index is 166. The lowest BCUT2D eigenvalue weighted by molar-refractivity contribution is 0.681. The molecule has 0 spiro atoms. The lowest BCUT2D eigenvalue weighted by Gasteiger charge is -2.01. The monoisotopic (exact) mass is 152 g/mol. The molecule has 0 aliphatic rings. The zero-order chi connectivity index (χ0) is 8.69. The maximum Gasteiger partial charge on any atom is 0.127 e. The van der Waals surface area contributed by atoms with Crippen molar-refractivity contribution in [2.24, 2.45) is 15.9 Å². The van der Waals surface area contributed by atoms with Gasteiger partial charge in [-0.25, -0.2) is 9.98 Å². The Morgan fingerprint density at radius 1 is 1.55 bits per heavy atom. The Kier molecular flexibility index (Phi) is 5.35. The van der Waals surface area contributed by atoms with Gasteiger partial charge >= 0.3 is 0 Å². The fourth-order valence-electron chi connectivity index (χ4n) is 0.684. The van der Waals surface area contributed by atoms with Gasteiger partial charge in [-0.3, -0.25) is 0 Å². The normalized spacial score (nSPS) is 12.9. The van der Waals surface area contributed by atoms with Gasteiger partial charge in [-0.1, -0.05) is 19.9 Å². The summed E-state index contributed by atoms with van der Waals surface area (Å²) >= 11 is 0. The number of amidine groups is 1. The van der Waals surface area contributed by atoms with E-state index in [1.165, 1.54) is 0 Å². The highest BCUT2D eigenvalue weighted by Crippen LogP contribution is 2.02. The Labute approximate surface area is 68.8 Å². The zero-order valence-electron chi connectivity index (χ0n) is 7.54. The van der Waals surface area contributed by atoms with Gasteiger partial charge in [0.15, 0.2) is 0 Å². The molecule has 62 valence electrons. The summed E-state index contributed by atoms with van der Waals surface area (Å²) in [5.74, 6) is 1.41. The summed E-state index contributed by atoms with van der Waals surface area (Å²) in [5.41, 5.74) is 0. The predicted octanol–water partition coefficient (Wildman–Crippen LogP) is 2.67. The molecule has 2 heteroatoms. The molecule has 0 aromatic rings. The predicted molar refractivity (Wildman–Crippen MR) is 51.3 cm³/mol. The fourth-order valence-corrected chi connectivity index (χ4v) is 0.684. The molecule has 0 heterocycles. The SMILES string of the molecule is C=NC(CC(C)C)=N/C=C\C. The zero-order valence-corrected chi connectivity index (χ0v) is 7.54. The first-order valence-electron chi connectivity index (χ1n) is 3.85.